The van der Waals surface area contributed by atoms with Crippen molar-refractivity contribution in [3.05, 3.63) is 63.9 Å². The normalized spacial score (nSPS) is 11.7. The zero-order chi connectivity index (χ0) is 21.1. The number of carbonyl (C=O) groups excluding carboxylic acids is 2. The Bertz CT molecular complexity index is 1100. The summed E-state index contributed by atoms with van der Waals surface area (Å²) in [7, 11) is 1.37. The number of para-hydroxylation sites is 1. The van der Waals surface area contributed by atoms with E-state index in [4.69, 9.17) is 13.9 Å². The van der Waals surface area contributed by atoms with Crippen molar-refractivity contribution < 1.29 is 28.4 Å². The number of non-ortho nitro benzene ring substituents is 1. The number of anilines is 1. The fourth-order valence-electron chi connectivity index (χ4n) is 2.78. The van der Waals surface area contributed by atoms with Gasteiger partial charge in [-0.1, -0.05) is 18.2 Å². The zero-order valence-corrected chi connectivity index (χ0v) is 15.9. The molecule has 0 aliphatic rings. The van der Waals surface area contributed by atoms with Crippen LogP contribution in [0, 0.1) is 17.0 Å². The predicted octanol–water partition coefficient (Wildman–Crippen LogP) is 3.84. The topological polar surface area (TPSA) is 121 Å². The molecule has 1 atom stereocenters. The van der Waals surface area contributed by atoms with E-state index in [1.165, 1.54) is 26.2 Å². The average molecular weight is 398 g/mol. The molecular weight excluding hydrogens is 380 g/mol. The number of rotatable bonds is 6. The van der Waals surface area contributed by atoms with Gasteiger partial charge in [-0.05, 0) is 26.0 Å². The van der Waals surface area contributed by atoms with E-state index in [9.17, 15) is 19.7 Å². The predicted molar refractivity (Wildman–Crippen MR) is 104 cm³/mol. The molecule has 0 aliphatic heterocycles. The fraction of sp³-hybridized carbons (Fsp3) is 0.200. The van der Waals surface area contributed by atoms with Crippen LogP contribution in [0.2, 0.25) is 0 Å². The van der Waals surface area contributed by atoms with E-state index in [0.29, 0.717) is 11.1 Å². The van der Waals surface area contributed by atoms with Crippen molar-refractivity contribution in [2.75, 3.05) is 12.4 Å². The number of furan rings is 1. The Kier molecular flexibility index (Phi) is 5.49. The van der Waals surface area contributed by atoms with Gasteiger partial charge in [0.2, 0.25) is 5.76 Å². The fourth-order valence-corrected chi connectivity index (χ4v) is 2.78. The highest BCUT2D eigenvalue weighted by atomic mass is 16.6. The molecule has 0 fully saturated rings. The lowest BCUT2D eigenvalue weighted by Crippen LogP contribution is -2.30. The number of methoxy groups -OCH3 is 1. The van der Waals surface area contributed by atoms with Crippen molar-refractivity contribution in [3.8, 4) is 5.75 Å². The molecule has 3 aromatic rings. The highest BCUT2D eigenvalue weighted by molar-refractivity contribution is 6.00. The molecular formula is C20H18N2O7. The SMILES string of the molecule is COc1ccc([N+](=O)[O-])cc1NC(=O)C(C)OC(=O)c1oc2ccccc2c1C. The summed E-state index contributed by atoms with van der Waals surface area (Å²) in [6.45, 7) is 3.11. The summed E-state index contributed by atoms with van der Waals surface area (Å²) in [5.41, 5.74) is 1.02. The van der Waals surface area contributed by atoms with Gasteiger partial charge in [0.05, 0.1) is 17.7 Å². The van der Waals surface area contributed by atoms with E-state index >= 15 is 0 Å². The summed E-state index contributed by atoms with van der Waals surface area (Å²) in [5, 5.41) is 14.2. The minimum atomic E-state index is -1.18. The van der Waals surface area contributed by atoms with E-state index in [1.807, 2.05) is 12.1 Å². The maximum absolute atomic E-state index is 12.5. The molecule has 1 amide bonds. The molecule has 1 N–H and O–H groups in total. The van der Waals surface area contributed by atoms with Crippen molar-refractivity contribution in [1.82, 2.24) is 0 Å². The van der Waals surface area contributed by atoms with Crippen LogP contribution >= 0.6 is 0 Å². The molecule has 0 saturated carbocycles. The monoisotopic (exact) mass is 398 g/mol. The lowest BCUT2D eigenvalue weighted by molar-refractivity contribution is -0.384. The summed E-state index contributed by atoms with van der Waals surface area (Å²) in [4.78, 5) is 35.3. The van der Waals surface area contributed by atoms with Crippen molar-refractivity contribution in [1.29, 1.82) is 0 Å². The minimum Gasteiger partial charge on any atom is -0.495 e. The van der Waals surface area contributed by atoms with Crippen LogP contribution in [0.5, 0.6) is 5.75 Å². The van der Waals surface area contributed by atoms with Crippen molar-refractivity contribution in [2.24, 2.45) is 0 Å². The molecule has 9 heteroatoms. The smallest absolute Gasteiger partial charge is 0.375 e. The molecule has 9 nitrogen and oxygen atoms in total. The van der Waals surface area contributed by atoms with Crippen molar-refractivity contribution >= 4 is 34.2 Å². The van der Waals surface area contributed by atoms with Crippen LogP contribution in [0.15, 0.2) is 46.9 Å². The lowest BCUT2D eigenvalue weighted by Gasteiger charge is -2.14. The van der Waals surface area contributed by atoms with Gasteiger partial charge in [-0.2, -0.15) is 0 Å². The van der Waals surface area contributed by atoms with Crippen LogP contribution in [0.4, 0.5) is 11.4 Å². The standard InChI is InChI=1S/C20H18N2O7/c1-11-14-6-4-5-7-16(14)29-18(11)20(24)28-12(2)19(23)21-15-10-13(22(25)26)8-9-17(15)27-3/h4-10,12H,1-3H3,(H,21,23). The molecule has 29 heavy (non-hydrogen) atoms. The Morgan fingerprint density at radius 2 is 1.93 bits per heavy atom. The van der Waals surface area contributed by atoms with Gasteiger partial charge in [0.1, 0.15) is 11.3 Å². The third kappa shape index (κ3) is 4.03. The van der Waals surface area contributed by atoms with Crippen LogP contribution in [-0.4, -0.2) is 30.0 Å². The molecule has 1 unspecified atom stereocenters. The summed E-state index contributed by atoms with van der Waals surface area (Å²) in [5.74, 6) is -1.22. The maximum atomic E-state index is 12.5. The zero-order valence-electron chi connectivity index (χ0n) is 15.9. The van der Waals surface area contributed by atoms with Gasteiger partial charge in [-0.3, -0.25) is 14.9 Å². The molecule has 0 bridgehead atoms. The van der Waals surface area contributed by atoms with E-state index in [1.54, 1.807) is 19.1 Å². The number of amides is 1. The van der Waals surface area contributed by atoms with Crippen LogP contribution in [0.3, 0.4) is 0 Å². The Balaban J connectivity index is 1.75. The number of nitrogens with one attached hydrogen (secondary N) is 1. The van der Waals surface area contributed by atoms with Gasteiger partial charge in [0.15, 0.2) is 6.10 Å². The largest absolute Gasteiger partial charge is 0.495 e. The van der Waals surface area contributed by atoms with Gasteiger partial charge in [-0.25, -0.2) is 4.79 Å². The number of aryl methyl sites for hydroxylation is 1. The molecule has 2 aromatic carbocycles. The number of fused-ring (bicyclic) bond motifs is 1. The summed E-state index contributed by atoms with van der Waals surface area (Å²) < 4.78 is 15.8. The second-order valence-electron chi connectivity index (χ2n) is 6.23. The van der Waals surface area contributed by atoms with E-state index < -0.39 is 22.9 Å². The summed E-state index contributed by atoms with van der Waals surface area (Å²) >= 11 is 0. The molecule has 3 rings (SSSR count). The number of nitrogens with zero attached hydrogens (tertiary/aromatic N) is 1. The van der Waals surface area contributed by atoms with Crippen LogP contribution in [-0.2, 0) is 9.53 Å². The summed E-state index contributed by atoms with van der Waals surface area (Å²) in [6.07, 6.45) is -1.18. The van der Waals surface area contributed by atoms with Crippen LogP contribution < -0.4 is 10.1 Å². The molecule has 1 aromatic heterocycles. The van der Waals surface area contributed by atoms with Crippen molar-refractivity contribution in [3.63, 3.8) is 0 Å². The highest BCUT2D eigenvalue weighted by Gasteiger charge is 2.25. The number of ether oxygens (including phenoxy) is 2. The minimum absolute atomic E-state index is 0.0128. The van der Waals surface area contributed by atoms with Gasteiger partial charge in [-0.15, -0.1) is 0 Å². The third-order valence-electron chi connectivity index (χ3n) is 4.33. The number of nitro benzene ring substituents is 1. The average Bonchev–Trinajstić information content (AvgIpc) is 3.04. The van der Waals surface area contributed by atoms with Gasteiger partial charge in [0, 0.05) is 23.1 Å². The molecule has 1 heterocycles. The van der Waals surface area contributed by atoms with Gasteiger partial charge in [0.25, 0.3) is 11.6 Å². The first-order chi connectivity index (χ1) is 13.8. The lowest BCUT2D eigenvalue weighted by atomic mass is 10.1. The highest BCUT2D eigenvalue weighted by Crippen LogP contribution is 2.29. The molecule has 0 aliphatic carbocycles. The second-order valence-corrected chi connectivity index (χ2v) is 6.23. The quantitative estimate of drug-likeness (QED) is 0.380. The van der Waals surface area contributed by atoms with Gasteiger partial charge < -0.3 is 19.2 Å². The summed E-state index contributed by atoms with van der Waals surface area (Å²) in [6, 6.07) is 10.9. The molecule has 0 saturated heterocycles. The number of nitro groups is 1. The Hall–Kier alpha value is -3.88. The number of esters is 1. The first kappa shape index (κ1) is 19.9. The Labute approximate surface area is 165 Å². The van der Waals surface area contributed by atoms with Crippen molar-refractivity contribution in [2.45, 2.75) is 20.0 Å². The second kappa shape index (κ2) is 8.01. The Morgan fingerprint density at radius 1 is 1.21 bits per heavy atom. The molecule has 0 spiro atoms. The molecule has 0 radical (unpaired) electrons. The number of hydrogen-bond donors (Lipinski definition) is 1. The number of hydrogen-bond acceptors (Lipinski definition) is 7. The Morgan fingerprint density at radius 3 is 2.59 bits per heavy atom. The van der Waals surface area contributed by atoms with E-state index in [0.717, 1.165) is 11.5 Å². The maximum Gasteiger partial charge on any atom is 0.375 e. The van der Waals surface area contributed by atoms with Crippen LogP contribution in [0.1, 0.15) is 23.0 Å². The van der Waals surface area contributed by atoms with Crippen LogP contribution in [0.25, 0.3) is 11.0 Å². The molecule has 150 valence electrons. The number of benzene rings is 2. The van der Waals surface area contributed by atoms with E-state index in [-0.39, 0.29) is 22.9 Å². The first-order valence-electron chi connectivity index (χ1n) is 8.64. The number of carbonyl (C=O) groups is 2. The van der Waals surface area contributed by atoms with Gasteiger partial charge >= 0.3 is 5.97 Å². The first-order valence-corrected chi connectivity index (χ1v) is 8.64. The van der Waals surface area contributed by atoms with E-state index in [2.05, 4.69) is 5.32 Å². The third-order valence-corrected chi connectivity index (χ3v) is 4.33.